The molecule has 0 unspecified atom stereocenters. The van der Waals surface area contributed by atoms with Crippen LogP contribution in [0.5, 0.6) is 0 Å². The van der Waals surface area contributed by atoms with Crippen LogP contribution in [-0.2, 0) is 0 Å². The fourth-order valence-electron chi connectivity index (χ4n) is 8.53. The minimum Gasteiger partial charge on any atom is -0.436 e. The van der Waals surface area contributed by atoms with E-state index in [9.17, 15) is 0 Å². The number of benzene rings is 8. The number of nitrogens with zero attached hydrogens (tertiary/aromatic N) is 6. The molecule has 0 N–H and O–H groups in total. The molecule has 12 rings (SSSR count). The van der Waals surface area contributed by atoms with Gasteiger partial charge in [-0.1, -0.05) is 146 Å². The van der Waals surface area contributed by atoms with Crippen molar-refractivity contribution < 1.29 is 4.42 Å². The molecule has 0 saturated carbocycles. The molecule has 0 radical (unpaired) electrons. The largest absolute Gasteiger partial charge is 0.436 e. The van der Waals surface area contributed by atoms with Crippen molar-refractivity contribution in [3.63, 3.8) is 0 Å². The molecule has 4 heterocycles. The van der Waals surface area contributed by atoms with Crippen molar-refractivity contribution in [3.05, 3.63) is 194 Å². The molecular weight excluding hydrogens is 725 g/mol. The molecule has 0 amide bonds. The highest BCUT2D eigenvalue weighted by Gasteiger charge is 2.24. The Morgan fingerprint density at radius 2 is 0.915 bits per heavy atom. The fraction of sp³-hybridized carbons (Fsp3) is 0. The summed E-state index contributed by atoms with van der Waals surface area (Å²) in [6.07, 6.45) is 0. The Hall–Kier alpha value is -8.16. The Morgan fingerprint density at radius 1 is 0.356 bits per heavy atom. The van der Waals surface area contributed by atoms with E-state index in [-0.39, 0.29) is 0 Å². The van der Waals surface area contributed by atoms with Gasteiger partial charge in [-0.3, -0.25) is 4.57 Å². The summed E-state index contributed by atoms with van der Waals surface area (Å²) >= 11 is 0. The minimum atomic E-state index is 0.537. The molecule has 0 atom stereocenters. The number of oxazole rings is 1. The smallest absolute Gasteiger partial charge is 0.238 e. The molecule has 4 aromatic heterocycles. The van der Waals surface area contributed by atoms with Gasteiger partial charge in [0.15, 0.2) is 17.2 Å². The van der Waals surface area contributed by atoms with Gasteiger partial charge in [0.25, 0.3) is 0 Å². The monoisotopic (exact) mass is 756 g/mol. The zero-order chi connectivity index (χ0) is 38.9. The van der Waals surface area contributed by atoms with Gasteiger partial charge in [0, 0.05) is 43.9 Å². The van der Waals surface area contributed by atoms with Gasteiger partial charge in [-0.15, -0.1) is 0 Å². The molecule has 59 heavy (non-hydrogen) atoms. The quantitative estimate of drug-likeness (QED) is 0.169. The van der Waals surface area contributed by atoms with Crippen LogP contribution in [0.1, 0.15) is 0 Å². The number of aromatic nitrogens is 6. The molecule has 0 saturated heterocycles. The zero-order valence-electron chi connectivity index (χ0n) is 31.6. The Bertz CT molecular complexity index is 3530. The number of hydrogen-bond acceptors (Lipinski definition) is 5. The van der Waals surface area contributed by atoms with E-state index in [0.717, 1.165) is 88.2 Å². The van der Waals surface area contributed by atoms with Crippen LogP contribution in [0.2, 0.25) is 0 Å². The Morgan fingerprint density at radius 3 is 1.66 bits per heavy atom. The number of fused-ring (bicyclic) bond motifs is 8. The second kappa shape index (κ2) is 13.2. The van der Waals surface area contributed by atoms with E-state index in [4.69, 9.17) is 24.4 Å². The average Bonchev–Trinajstić information content (AvgIpc) is 4.00. The maximum absolute atomic E-state index is 6.27. The summed E-state index contributed by atoms with van der Waals surface area (Å²) in [5.74, 6) is 2.31. The molecule has 0 aliphatic carbocycles. The van der Waals surface area contributed by atoms with Crippen molar-refractivity contribution in [2.75, 3.05) is 0 Å². The van der Waals surface area contributed by atoms with Crippen LogP contribution in [0.25, 0.3) is 112 Å². The van der Waals surface area contributed by atoms with Crippen LogP contribution in [0, 0.1) is 0 Å². The molecule has 12 aromatic rings. The van der Waals surface area contributed by atoms with Crippen LogP contribution < -0.4 is 0 Å². The third-order valence-corrected chi connectivity index (χ3v) is 11.2. The average molecular weight is 757 g/mol. The summed E-state index contributed by atoms with van der Waals surface area (Å²) in [4.78, 5) is 20.6. The molecule has 0 spiro atoms. The van der Waals surface area contributed by atoms with Gasteiger partial charge in [-0.25, -0.2) is 9.97 Å². The first-order valence-electron chi connectivity index (χ1n) is 19.6. The normalized spacial score (nSPS) is 11.7. The van der Waals surface area contributed by atoms with Gasteiger partial charge < -0.3 is 8.98 Å². The SMILES string of the molecule is c1ccc(-c2cccc(-c3nc(-c4ccccc4)nc(-n4c5ccccc5c5ccc6c7ccccc7n(-c7cccc(-c8nc9ccccc9o8)c7)c6c54)n3)c2)cc1. The lowest BCUT2D eigenvalue weighted by atomic mass is 10.0. The van der Waals surface area contributed by atoms with Gasteiger partial charge in [-0.2, -0.15) is 9.97 Å². The summed E-state index contributed by atoms with van der Waals surface area (Å²) in [5.41, 5.74) is 11.6. The molecule has 0 aliphatic rings. The van der Waals surface area contributed by atoms with Crippen molar-refractivity contribution in [1.82, 2.24) is 29.1 Å². The highest BCUT2D eigenvalue weighted by molar-refractivity contribution is 6.23. The maximum atomic E-state index is 6.27. The molecule has 0 aliphatic heterocycles. The Labute approximate surface area is 338 Å². The van der Waals surface area contributed by atoms with Crippen LogP contribution in [0.15, 0.2) is 199 Å². The summed E-state index contributed by atoms with van der Waals surface area (Å²) in [5, 5.41) is 4.47. The van der Waals surface area contributed by atoms with Gasteiger partial charge in [-0.05, 0) is 59.7 Å². The minimum absolute atomic E-state index is 0.537. The Kier molecular flexibility index (Phi) is 7.40. The molecule has 0 bridgehead atoms. The van der Waals surface area contributed by atoms with Crippen LogP contribution in [-0.4, -0.2) is 29.1 Å². The topological polar surface area (TPSA) is 74.6 Å². The molecule has 7 heteroatoms. The van der Waals surface area contributed by atoms with E-state index in [1.54, 1.807) is 0 Å². The van der Waals surface area contributed by atoms with Gasteiger partial charge in [0.1, 0.15) is 5.52 Å². The lowest BCUT2D eigenvalue weighted by molar-refractivity contribution is 0.620. The van der Waals surface area contributed by atoms with Gasteiger partial charge in [0.05, 0.1) is 22.1 Å². The molecule has 8 aromatic carbocycles. The number of hydrogen-bond donors (Lipinski definition) is 0. The summed E-state index contributed by atoms with van der Waals surface area (Å²) in [6.45, 7) is 0. The highest BCUT2D eigenvalue weighted by Crippen LogP contribution is 2.42. The fourth-order valence-corrected chi connectivity index (χ4v) is 8.53. The van der Waals surface area contributed by atoms with Crippen molar-refractivity contribution >= 4 is 54.7 Å². The zero-order valence-corrected chi connectivity index (χ0v) is 31.6. The van der Waals surface area contributed by atoms with E-state index >= 15 is 0 Å². The summed E-state index contributed by atoms with van der Waals surface area (Å²) in [7, 11) is 0. The van der Waals surface area contributed by atoms with Crippen molar-refractivity contribution in [3.8, 4) is 57.0 Å². The van der Waals surface area contributed by atoms with Gasteiger partial charge in [0.2, 0.25) is 11.8 Å². The summed E-state index contributed by atoms with van der Waals surface area (Å²) < 4.78 is 10.9. The van der Waals surface area contributed by atoms with E-state index in [2.05, 4.69) is 155 Å². The predicted molar refractivity (Wildman–Crippen MR) is 238 cm³/mol. The molecule has 7 nitrogen and oxygen atoms in total. The first-order valence-corrected chi connectivity index (χ1v) is 19.6. The van der Waals surface area contributed by atoms with Crippen molar-refractivity contribution in [2.45, 2.75) is 0 Å². The van der Waals surface area contributed by atoms with E-state index in [0.29, 0.717) is 23.5 Å². The summed E-state index contributed by atoms with van der Waals surface area (Å²) in [6, 6.07) is 66.9. The third kappa shape index (κ3) is 5.36. The molecular formula is C52H32N6O. The predicted octanol–water partition coefficient (Wildman–Crippen LogP) is 12.9. The second-order valence-corrected chi connectivity index (χ2v) is 14.7. The number of para-hydroxylation sites is 4. The molecule has 0 fully saturated rings. The Balaban J connectivity index is 1.16. The second-order valence-electron chi connectivity index (χ2n) is 14.7. The van der Waals surface area contributed by atoms with Gasteiger partial charge >= 0.3 is 0 Å². The first kappa shape index (κ1) is 33.0. The highest BCUT2D eigenvalue weighted by atomic mass is 16.3. The van der Waals surface area contributed by atoms with Crippen LogP contribution in [0.4, 0.5) is 0 Å². The van der Waals surface area contributed by atoms with E-state index < -0.39 is 0 Å². The van der Waals surface area contributed by atoms with Crippen LogP contribution in [0.3, 0.4) is 0 Å². The van der Waals surface area contributed by atoms with Crippen molar-refractivity contribution in [2.24, 2.45) is 0 Å². The van der Waals surface area contributed by atoms with E-state index in [1.807, 2.05) is 48.5 Å². The van der Waals surface area contributed by atoms with Crippen LogP contribution >= 0.6 is 0 Å². The third-order valence-electron chi connectivity index (χ3n) is 11.2. The molecule has 276 valence electrons. The van der Waals surface area contributed by atoms with E-state index in [1.165, 1.54) is 0 Å². The lowest BCUT2D eigenvalue weighted by Gasteiger charge is -2.14. The standard InChI is InChI=1S/C52H32N6O/c1-3-15-33(16-4-1)35-19-13-20-36(31-35)50-54-49(34-17-5-2-6-18-34)55-52(56-50)58-45-27-11-8-24-40(45)42-30-29-41-39-23-7-10-26-44(39)57(47(41)48(42)58)38-22-14-21-37(32-38)51-53-43-25-9-12-28-46(43)59-51/h1-32H. The first-order chi connectivity index (χ1) is 29.2. The lowest BCUT2D eigenvalue weighted by Crippen LogP contribution is -2.07. The maximum Gasteiger partial charge on any atom is 0.238 e. The number of rotatable bonds is 6. The van der Waals surface area contributed by atoms with Crippen molar-refractivity contribution in [1.29, 1.82) is 0 Å².